The molecule has 2 heterocycles. The Bertz CT molecular complexity index is 671. The molecular weight excluding hydrogens is 354 g/mol. The van der Waals surface area contributed by atoms with Crippen molar-refractivity contribution in [2.24, 2.45) is 5.92 Å². The van der Waals surface area contributed by atoms with Crippen molar-refractivity contribution in [2.75, 3.05) is 38.0 Å². The number of hydrogen-bond acceptors (Lipinski definition) is 4. The molecule has 2 N–H and O–H groups in total. The maximum Gasteiger partial charge on any atom is 0.236 e. The molecule has 3 rings (SSSR count). The highest BCUT2D eigenvalue weighted by Crippen LogP contribution is 2.23. The molecule has 0 unspecified atom stereocenters. The fourth-order valence-electron chi connectivity index (χ4n) is 4.22. The molecule has 0 radical (unpaired) electrons. The molecular formula is C22H33N3O3. The smallest absolute Gasteiger partial charge is 0.236 e. The molecule has 6 heteroatoms. The second-order valence-electron chi connectivity index (χ2n) is 8.31. The van der Waals surface area contributed by atoms with Crippen LogP contribution in [0.3, 0.4) is 0 Å². The number of piperidine rings is 2. The zero-order chi connectivity index (χ0) is 19.9. The van der Waals surface area contributed by atoms with Crippen LogP contribution in [0.25, 0.3) is 0 Å². The summed E-state index contributed by atoms with van der Waals surface area (Å²) < 4.78 is 0. The van der Waals surface area contributed by atoms with Crippen LogP contribution in [0.4, 0.5) is 5.69 Å². The van der Waals surface area contributed by atoms with Gasteiger partial charge < -0.3 is 15.3 Å². The normalized spacial score (nSPS) is 21.5. The molecule has 2 aliphatic heterocycles. The molecule has 28 heavy (non-hydrogen) atoms. The van der Waals surface area contributed by atoms with E-state index in [2.05, 4.69) is 10.2 Å². The minimum Gasteiger partial charge on any atom is -0.392 e. The largest absolute Gasteiger partial charge is 0.392 e. The van der Waals surface area contributed by atoms with Gasteiger partial charge in [-0.3, -0.25) is 14.5 Å². The maximum absolute atomic E-state index is 12.5. The van der Waals surface area contributed by atoms with Crippen molar-refractivity contribution in [2.45, 2.75) is 51.6 Å². The van der Waals surface area contributed by atoms with E-state index in [0.717, 1.165) is 63.0 Å². The van der Waals surface area contributed by atoms with E-state index < -0.39 is 0 Å². The summed E-state index contributed by atoms with van der Waals surface area (Å²) >= 11 is 0. The number of hydrogen-bond donors (Lipinski definition) is 2. The number of aliphatic hydroxyl groups excluding tert-OH is 1. The van der Waals surface area contributed by atoms with Crippen LogP contribution in [-0.2, 0) is 9.59 Å². The van der Waals surface area contributed by atoms with Crippen LogP contribution in [0.15, 0.2) is 24.3 Å². The number of benzene rings is 1. The SMILES string of the molecule is Cc1cccc(NC(=O)CCC2CCN(C(=O)CN3CCC[C@@H](O)C3)CC2)c1. The van der Waals surface area contributed by atoms with Gasteiger partial charge in [0, 0.05) is 31.7 Å². The summed E-state index contributed by atoms with van der Waals surface area (Å²) in [6.45, 7) is 5.49. The zero-order valence-electron chi connectivity index (χ0n) is 16.9. The molecule has 154 valence electrons. The van der Waals surface area contributed by atoms with E-state index in [1.165, 1.54) is 0 Å². The quantitative estimate of drug-likeness (QED) is 0.786. The maximum atomic E-state index is 12.5. The average molecular weight is 388 g/mol. The highest BCUT2D eigenvalue weighted by atomic mass is 16.3. The summed E-state index contributed by atoms with van der Waals surface area (Å²) in [6.07, 6.45) is 4.83. The van der Waals surface area contributed by atoms with Crippen molar-refractivity contribution < 1.29 is 14.7 Å². The van der Waals surface area contributed by atoms with Crippen LogP contribution in [0.5, 0.6) is 0 Å². The van der Waals surface area contributed by atoms with Crippen molar-refractivity contribution in [1.82, 2.24) is 9.80 Å². The number of nitrogens with one attached hydrogen (secondary N) is 1. The van der Waals surface area contributed by atoms with Gasteiger partial charge in [-0.1, -0.05) is 12.1 Å². The lowest BCUT2D eigenvalue weighted by Crippen LogP contribution is -2.47. The fraction of sp³-hybridized carbons (Fsp3) is 0.636. The zero-order valence-corrected chi connectivity index (χ0v) is 16.9. The third-order valence-electron chi connectivity index (χ3n) is 5.89. The van der Waals surface area contributed by atoms with Gasteiger partial charge in [0.15, 0.2) is 0 Å². The summed E-state index contributed by atoms with van der Waals surface area (Å²) in [4.78, 5) is 28.7. The first-order valence-electron chi connectivity index (χ1n) is 10.5. The number of anilines is 1. The van der Waals surface area contributed by atoms with Gasteiger partial charge in [0.2, 0.25) is 11.8 Å². The summed E-state index contributed by atoms with van der Waals surface area (Å²) in [5, 5.41) is 12.7. The molecule has 2 saturated heterocycles. The number of aryl methyl sites for hydroxylation is 1. The third kappa shape index (κ3) is 6.31. The second-order valence-corrected chi connectivity index (χ2v) is 8.31. The molecule has 0 saturated carbocycles. The van der Waals surface area contributed by atoms with E-state index in [9.17, 15) is 14.7 Å². The van der Waals surface area contributed by atoms with E-state index in [1.807, 2.05) is 36.1 Å². The Morgan fingerprint density at radius 3 is 2.68 bits per heavy atom. The fourth-order valence-corrected chi connectivity index (χ4v) is 4.22. The van der Waals surface area contributed by atoms with Gasteiger partial charge in [-0.15, -0.1) is 0 Å². The number of carbonyl (C=O) groups excluding carboxylic acids is 2. The van der Waals surface area contributed by atoms with Gasteiger partial charge in [-0.25, -0.2) is 0 Å². The highest BCUT2D eigenvalue weighted by Gasteiger charge is 2.26. The Hall–Kier alpha value is -1.92. The highest BCUT2D eigenvalue weighted by molar-refractivity contribution is 5.90. The summed E-state index contributed by atoms with van der Waals surface area (Å²) in [7, 11) is 0. The second kappa shape index (κ2) is 10.0. The molecule has 0 bridgehead atoms. The van der Waals surface area contributed by atoms with E-state index in [1.54, 1.807) is 0 Å². The number of rotatable bonds is 6. The third-order valence-corrected chi connectivity index (χ3v) is 5.89. The van der Waals surface area contributed by atoms with Gasteiger partial charge in [0.25, 0.3) is 0 Å². The first-order valence-corrected chi connectivity index (χ1v) is 10.5. The Morgan fingerprint density at radius 2 is 1.96 bits per heavy atom. The van der Waals surface area contributed by atoms with Crippen LogP contribution < -0.4 is 5.32 Å². The van der Waals surface area contributed by atoms with Crippen molar-refractivity contribution in [3.8, 4) is 0 Å². The first-order chi connectivity index (χ1) is 13.5. The Kier molecular flexibility index (Phi) is 7.45. The minimum atomic E-state index is -0.293. The standard InChI is InChI=1S/C22H33N3O3/c1-17-4-2-5-19(14-17)23-21(27)8-7-18-9-12-25(13-10-18)22(28)16-24-11-3-6-20(26)15-24/h2,4-5,14,18,20,26H,3,6-13,15-16H2,1H3,(H,23,27)/t20-/m1/s1. The van der Waals surface area contributed by atoms with Crippen LogP contribution in [0.1, 0.15) is 44.1 Å². The number of carbonyl (C=O) groups is 2. The predicted octanol–water partition coefficient (Wildman–Crippen LogP) is 2.41. The summed E-state index contributed by atoms with van der Waals surface area (Å²) in [6, 6.07) is 7.85. The molecule has 0 spiro atoms. The molecule has 6 nitrogen and oxygen atoms in total. The lowest BCUT2D eigenvalue weighted by Gasteiger charge is -2.35. The number of nitrogens with zero attached hydrogens (tertiary/aromatic N) is 2. The molecule has 2 fully saturated rings. The molecule has 0 aliphatic carbocycles. The minimum absolute atomic E-state index is 0.0627. The molecule has 1 atom stereocenters. The average Bonchev–Trinajstić information content (AvgIpc) is 2.67. The van der Waals surface area contributed by atoms with Gasteiger partial charge in [0.1, 0.15) is 0 Å². The van der Waals surface area contributed by atoms with Crippen molar-refractivity contribution in [3.63, 3.8) is 0 Å². The van der Waals surface area contributed by atoms with Crippen molar-refractivity contribution in [1.29, 1.82) is 0 Å². The number of likely N-dealkylation sites (tertiary alicyclic amines) is 2. The summed E-state index contributed by atoms with van der Waals surface area (Å²) in [5.74, 6) is 0.738. The first kappa shape index (κ1) is 20.8. The lowest BCUT2D eigenvalue weighted by atomic mass is 9.92. The topological polar surface area (TPSA) is 72.9 Å². The Balaban J connectivity index is 1.34. The molecule has 2 aliphatic rings. The Labute approximate surface area is 167 Å². The number of amides is 2. The van der Waals surface area contributed by atoms with E-state index >= 15 is 0 Å². The van der Waals surface area contributed by atoms with Crippen molar-refractivity contribution in [3.05, 3.63) is 29.8 Å². The lowest BCUT2D eigenvalue weighted by molar-refractivity contribution is -0.134. The van der Waals surface area contributed by atoms with E-state index in [0.29, 0.717) is 25.4 Å². The molecule has 1 aromatic rings. The van der Waals surface area contributed by atoms with Gasteiger partial charge in [0.05, 0.1) is 12.6 Å². The summed E-state index contributed by atoms with van der Waals surface area (Å²) in [5.41, 5.74) is 1.99. The van der Waals surface area contributed by atoms with Crippen LogP contribution in [0, 0.1) is 12.8 Å². The molecule has 2 amide bonds. The van der Waals surface area contributed by atoms with Gasteiger partial charge in [-0.2, -0.15) is 0 Å². The van der Waals surface area contributed by atoms with E-state index in [-0.39, 0.29) is 17.9 Å². The molecule has 1 aromatic carbocycles. The number of β-amino-alcohol motifs (C(OH)–C–C–N with tert-alkyl or cyclic N) is 1. The monoisotopic (exact) mass is 387 g/mol. The van der Waals surface area contributed by atoms with Crippen LogP contribution in [0.2, 0.25) is 0 Å². The predicted molar refractivity (Wildman–Crippen MR) is 110 cm³/mol. The van der Waals surface area contributed by atoms with Crippen LogP contribution >= 0.6 is 0 Å². The van der Waals surface area contributed by atoms with Gasteiger partial charge >= 0.3 is 0 Å². The Morgan fingerprint density at radius 1 is 1.18 bits per heavy atom. The molecule has 0 aromatic heterocycles. The number of aliphatic hydroxyl groups is 1. The van der Waals surface area contributed by atoms with Gasteiger partial charge in [-0.05, 0) is 69.2 Å². The van der Waals surface area contributed by atoms with Crippen LogP contribution in [-0.4, -0.2) is 65.5 Å². The van der Waals surface area contributed by atoms with Crippen molar-refractivity contribution >= 4 is 17.5 Å². The van der Waals surface area contributed by atoms with E-state index in [4.69, 9.17) is 0 Å².